The highest BCUT2D eigenvalue weighted by Gasteiger charge is 2.51. The Morgan fingerprint density at radius 3 is 2.44 bits per heavy atom. The molecule has 2 fully saturated rings. The van der Waals surface area contributed by atoms with Gasteiger partial charge < -0.3 is 20.1 Å². The molecule has 8 heteroatoms. The van der Waals surface area contributed by atoms with Crippen molar-refractivity contribution in [1.82, 2.24) is 4.90 Å². The molecular formula is C19H24F2N2O4. The summed E-state index contributed by atoms with van der Waals surface area (Å²) in [6, 6.07) is 4.94. The van der Waals surface area contributed by atoms with Crippen molar-refractivity contribution in [1.29, 1.82) is 0 Å². The number of methoxy groups -OCH3 is 1. The van der Waals surface area contributed by atoms with E-state index in [4.69, 9.17) is 15.2 Å². The number of rotatable bonds is 5. The van der Waals surface area contributed by atoms with Gasteiger partial charge in [-0.25, -0.2) is 8.78 Å². The van der Waals surface area contributed by atoms with Crippen LogP contribution in [0.2, 0.25) is 0 Å². The summed E-state index contributed by atoms with van der Waals surface area (Å²) in [6.45, 7) is 0. The summed E-state index contributed by atoms with van der Waals surface area (Å²) >= 11 is 0. The molecule has 0 radical (unpaired) electrons. The fraction of sp³-hybridized carbons (Fsp3) is 0.579. The second kappa shape index (κ2) is 6.98. The lowest BCUT2D eigenvalue weighted by atomic mass is 9.85. The van der Waals surface area contributed by atoms with Crippen molar-refractivity contribution in [2.24, 2.45) is 5.73 Å². The molecule has 27 heavy (non-hydrogen) atoms. The summed E-state index contributed by atoms with van der Waals surface area (Å²) < 4.78 is 38.0. The van der Waals surface area contributed by atoms with Gasteiger partial charge in [0, 0.05) is 31.9 Å². The predicted octanol–water partition coefficient (Wildman–Crippen LogP) is 2.58. The highest BCUT2D eigenvalue weighted by atomic mass is 19.3. The summed E-state index contributed by atoms with van der Waals surface area (Å²) in [6.07, 6.45) is 0.227. The first-order valence-electron chi connectivity index (χ1n) is 8.99. The summed E-state index contributed by atoms with van der Waals surface area (Å²) in [7, 11) is 3.00. The molecule has 148 valence electrons. The van der Waals surface area contributed by atoms with Crippen LogP contribution < -0.4 is 15.2 Å². The van der Waals surface area contributed by atoms with Crippen LogP contribution in [0.3, 0.4) is 0 Å². The first kappa shape index (κ1) is 19.4. The molecule has 0 spiro atoms. The number of benzene rings is 1. The predicted molar refractivity (Wildman–Crippen MR) is 93.7 cm³/mol. The number of alkyl halides is 2. The Morgan fingerprint density at radius 1 is 1.26 bits per heavy atom. The third-order valence-corrected chi connectivity index (χ3v) is 5.64. The maximum atomic E-state index is 13.3. The topological polar surface area (TPSA) is 81.9 Å². The summed E-state index contributed by atoms with van der Waals surface area (Å²) in [5.74, 6) is -2.61. The zero-order valence-corrected chi connectivity index (χ0v) is 15.5. The van der Waals surface area contributed by atoms with Crippen LogP contribution in [0.5, 0.6) is 11.5 Å². The average molecular weight is 382 g/mol. The lowest BCUT2D eigenvalue weighted by Gasteiger charge is -2.35. The molecule has 2 N–H and O–H groups in total. The minimum absolute atomic E-state index is 0.184. The summed E-state index contributed by atoms with van der Waals surface area (Å²) in [5.41, 5.74) is 4.82. The van der Waals surface area contributed by atoms with Gasteiger partial charge in [-0.15, -0.1) is 0 Å². The van der Waals surface area contributed by atoms with Crippen molar-refractivity contribution in [2.75, 3.05) is 14.2 Å². The minimum atomic E-state index is -2.63. The third-order valence-electron chi connectivity index (χ3n) is 5.64. The number of halogens is 2. The number of hydrogen-bond acceptors (Lipinski definition) is 4. The van der Waals surface area contributed by atoms with Gasteiger partial charge in [0.1, 0.15) is 11.5 Å². The highest BCUT2D eigenvalue weighted by molar-refractivity contribution is 5.95. The Morgan fingerprint density at radius 2 is 1.93 bits per heavy atom. The molecular weight excluding hydrogens is 358 g/mol. The molecule has 1 aliphatic carbocycles. The van der Waals surface area contributed by atoms with E-state index in [1.165, 1.54) is 19.1 Å². The molecule has 0 aromatic heterocycles. The molecule has 2 amide bonds. The van der Waals surface area contributed by atoms with Gasteiger partial charge in [-0.3, -0.25) is 9.59 Å². The summed E-state index contributed by atoms with van der Waals surface area (Å²) in [5, 5.41) is 0. The Kier molecular flexibility index (Phi) is 5.01. The van der Waals surface area contributed by atoms with E-state index in [2.05, 4.69) is 0 Å². The minimum Gasteiger partial charge on any atom is -0.496 e. The van der Waals surface area contributed by atoms with Crippen molar-refractivity contribution in [3.8, 4) is 11.5 Å². The van der Waals surface area contributed by atoms with E-state index in [0.29, 0.717) is 17.1 Å². The Labute approximate surface area is 156 Å². The second-order valence-corrected chi connectivity index (χ2v) is 7.21. The number of amides is 2. The van der Waals surface area contributed by atoms with Gasteiger partial charge >= 0.3 is 0 Å². The lowest BCUT2D eigenvalue weighted by molar-refractivity contribution is -0.138. The number of likely N-dealkylation sites (tertiary alicyclic amines) is 1. The van der Waals surface area contributed by atoms with Crippen molar-refractivity contribution >= 4 is 11.8 Å². The number of nitrogens with two attached hydrogens (primary N) is 1. The number of primary amides is 1. The van der Waals surface area contributed by atoms with E-state index in [1.54, 1.807) is 18.2 Å². The van der Waals surface area contributed by atoms with Gasteiger partial charge in [-0.1, -0.05) is 0 Å². The quantitative estimate of drug-likeness (QED) is 0.849. The molecule has 1 aromatic carbocycles. The van der Waals surface area contributed by atoms with Crippen LogP contribution >= 0.6 is 0 Å². The number of carbonyl (C=O) groups excluding carboxylic acids is 2. The Hall–Kier alpha value is -2.38. The third kappa shape index (κ3) is 3.44. The lowest BCUT2D eigenvalue weighted by Crippen LogP contribution is -2.50. The molecule has 1 atom stereocenters. The first-order valence-corrected chi connectivity index (χ1v) is 8.99. The number of carbonyl (C=O) groups is 2. The van der Waals surface area contributed by atoms with Gasteiger partial charge in [-0.2, -0.15) is 0 Å². The number of ether oxygens (including phenoxy) is 2. The van der Waals surface area contributed by atoms with Crippen molar-refractivity contribution in [3.63, 3.8) is 0 Å². The Balaban J connectivity index is 1.92. The van der Waals surface area contributed by atoms with Gasteiger partial charge in [-0.05, 0) is 37.5 Å². The van der Waals surface area contributed by atoms with E-state index in [9.17, 15) is 18.4 Å². The monoisotopic (exact) mass is 382 g/mol. The van der Waals surface area contributed by atoms with E-state index in [-0.39, 0.29) is 50.5 Å². The standard InChI is InChI=1S/C19H24F2N2O4/c1-23-16(24)7-10-19(23,17(22)25)14-11-13(3-4-15(14)26-2)27-12-5-8-18(20,21)9-6-12/h3-4,11-12H,5-10H2,1-2H3,(H2,22,25). The van der Waals surface area contributed by atoms with Crippen LogP contribution in [0.4, 0.5) is 8.78 Å². The molecule has 1 saturated carbocycles. The van der Waals surface area contributed by atoms with Gasteiger partial charge in [0.15, 0.2) is 5.54 Å². The van der Waals surface area contributed by atoms with Crippen LogP contribution in [-0.2, 0) is 15.1 Å². The smallest absolute Gasteiger partial charge is 0.248 e. The fourth-order valence-corrected chi connectivity index (χ4v) is 3.98. The van der Waals surface area contributed by atoms with E-state index in [0.717, 1.165) is 0 Å². The SMILES string of the molecule is COc1ccc(OC2CCC(F)(F)CC2)cc1C1(C(N)=O)CCC(=O)N1C. The van der Waals surface area contributed by atoms with Gasteiger partial charge in [0.05, 0.1) is 13.2 Å². The van der Waals surface area contributed by atoms with Crippen molar-refractivity contribution < 1.29 is 27.8 Å². The van der Waals surface area contributed by atoms with Crippen LogP contribution in [-0.4, -0.2) is 42.9 Å². The second-order valence-electron chi connectivity index (χ2n) is 7.21. The van der Waals surface area contributed by atoms with Crippen LogP contribution in [0.1, 0.15) is 44.1 Å². The van der Waals surface area contributed by atoms with Crippen LogP contribution in [0, 0.1) is 0 Å². The van der Waals surface area contributed by atoms with E-state index in [1.807, 2.05) is 0 Å². The van der Waals surface area contributed by atoms with E-state index >= 15 is 0 Å². The number of nitrogens with zero attached hydrogens (tertiary/aromatic N) is 1. The summed E-state index contributed by atoms with van der Waals surface area (Å²) in [4.78, 5) is 25.8. The molecule has 2 aliphatic rings. The van der Waals surface area contributed by atoms with Crippen molar-refractivity contribution in [2.45, 2.75) is 56.1 Å². The maximum Gasteiger partial charge on any atom is 0.248 e. The fourth-order valence-electron chi connectivity index (χ4n) is 3.98. The Bertz CT molecular complexity index is 745. The molecule has 1 unspecified atom stereocenters. The maximum absolute atomic E-state index is 13.3. The van der Waals surface area contributed by atoms with Gasteiger partial charge in [0.2, 0.25) is 17.7 Å². The highest BCUT2D eigenvalue weighted by Crippen LogP contribution is 2.44. The molecule has 1 saturated heterocycles. The van der Waals surface area contributed by atoms with Gasteiger partial charge in [0.25, 0.3) is 0 Å². The molecule has 0 bridgehead atoms. The van der Waals surface area contributed by atoms with E-state index < -0.39 is 17.4 Å². The zero-order chi connectivity index (χ0) is 19.8. The molecule has 3 rings (SSSR count). The largest absolute Gasteiger partial charge is 0.496 e. The van der Waals surface area contributed by atoms with Crippen LogP contribution in [0.15, 0.2) is 18.2 Å². The molecule has 6 nitrogen and oxygen atoms in total. The van der Waals surface area contributed by atoms with Crippen LogP contribution in [0.25, 0.3) is 0 Å². The average Bonchev–Trinajstić information content (AvgIpc) is 2.93. The normalized spacial score (nSPS) is 25.5. The molecule has 1 heterocycles. The zero-order valence-electron chi connectivity index (χ0n) is 15.5. The number of likely N-dealkylation sites (N-methyl/N-ethyl adjacent to an activating group) is 1. The molecule has 1 aromatic rings. The number of hydrogen-bond donors (Lipinski definition) is 1. The van der Waals surface area contributed by atoms with Crippen molar-refractivity contribution in [3.05, 3.63) is 23.8 Å². The first-order chi connectivity index (χ1) is 12.7. The molecule has 1 aliphatic heterocycles.